The molecule has 1 aromatic heterocycles. The highest BCUT2D eigenvalue weighted by Gasteiger charge is 2.30. The van der Waals surface area contributed by atoms with Crippen LogP contribution in [0.3, 0.4) is 0 Å². The van der Waals surface area contributed by atoms with Gasteiger partial charge in [0.2, 0.25) is 5.69 Å². The van der Waals surface area contributed by atoms with Gasteiger partial charge in [0, 0.05) is 5.69 Å². The average Bonchev–Trinajstić information content (AvgIpc) is 2.87. The highest BCUT2D eigenvalue weighted by atomic mass is 35.5. The fourth-order valence-electron chi connectivity index (χ4n) is 1.56. The number of H-pyrrole nitrogens is 1. The number of aromatic amines is 1. The minimum Gasteiger partial charge on any atom is -0.475 e. The van der Waals surface area contributed by atoms with Crippen LogP contribution in [0, 0.1) is 10.1 Å². The summed E-state index contributed by atoms with van der Waals surface area (Å²) in [5, 5.41) is 19.8. The zero-order valence-corrected chi connectivity index (χ0v) is 12.0. The van der Waals surface area contributed by atoms with Crippen molar-refractivity contribution in [2.24, 2.45) is 0 Å². The van der Waals surface area contributed by atoms with Crippen molar-refractivity contribution in [3.63, 3.8) is 0 Å². The van der Waals surface area contributed by atoms with Gasteiger partial charge in [-0.15, -0.1) is 5.10 Å². The van der Waals surface area contributed by atoms with E-state index in [1.54, 1.807) is 0 Å². The second-order valence-electron chi connectivity index (χ2n) is 3.80. The van der Waals surface area contributed by atoms with Gasteiger partial charge in [-0.2, -0.15) is 0 Å². The molecule has 0 saturated carbocycles. The van der Waals surface area contributed by atoms with Gasteiger partial charge < -0.3 is 10.1 Å². The summed E-state index contributed by atoms with van der Waals surface area (Å²) in [4.78, 5) is 22.3. The van der Waals surface area contributed by atoms with E-state index in [1.807, 2.05) is 0 Å². The number of rotatable bonds is 4. The zero-order chi connectivity index (χ0) is 15.6. The smallest absolute Gasteiger partial charge is 0.362 e. The van der Waals surface area contributed by atoms with Crippen molar-refractivity contribution in [3.05, 3.63) is 44.1 Å². The van der Waals surface area contributed by atoms with E-state index in [0.29, 0.717) is 10.7 Å². The van der Waals surface area contributed by atoms with Gasteiger partial charge in [-0.3, -0.25) is 20.0 Å². The van der Waals surface area contributed by atoms with Crippen LogP contribution in [-0.2, 0) is 0 Å². The van der Waals surface area contributed by atoms with Crippen LogP contribution in [-0.4, -0.2) is 28.1 Å². The molecule has 2 rings (SSSR count). The predicted octanol–water partition coefficient (Wildman–Crippen LogP) is 2.89. The van der Waals surface area contributed by atoms with Crippen molar-refractivity contribution in [1.82, 2.24) is 10.2 Å². The lowest BCUT2D eigenvalue weighted by atomic mass is 10.3. The molecule has 0 bridgehead atoms. The van der Waals surface area contributed by atoms with E-state index in [0.717, 1.165) is 0 Å². The number of methoxy groups -OCH3 is 1. The first-order chi connectivity index (χ1) is 9.93. The van der Waals surface area contributed by atoms with Gasteiger partial charge in [-0.1, -0.05) is 23.2 Å². The number of halogens is 2. The van der Waals surface area contributed by atoms with Crippen LogP contribution in [0.15, 0.2) is 18.2 Å². The van der Waals surface area contributed by atoms with Crippen molar-refractivity contribution in [3.8, 4) is 5.88 Å². The third kappa shape index (κ3) is 3.06. The van der Waals surface area contributed by atoms with Crippen molar-refractivity contribution in [1.29, 1.82) is 0 Å². The molecule has 10 heteroatoms. The minimum absolute atomic E-state index is 0.242. The van der Waals surface area contributed by atoms with Gasteiger partial charge >= 0.3 is 11.6 Å². The average molecular weight is 331 g/mol. The molecule has 110 valence electrons. The summed E-state index contributed by atoms with van der Waals surface area (Å²) in [5.41, 5.74) is -0.546. The standard InChI is InChI=1S/C11H8Cl2N4O4/c1-21-11-9(17(19)20)8(15-16-11)10(18)14-5-2-3-6(12)7(13)4-5/h2-4H,1H3,(H,14,18)(H,15,16). The van der Waals surface area contributed by atoms with Gasteiger partial charge in [0.05, 0.1) is 22.1 Å². The highest BCUT2D eigenvalue weighted by Crippen LogP contribution is 2.29. The quantitative estimate of drug-likeness (QED) is 0.661. The van der Waals surface area contributed by atoms with Crippen molar-refractivity contribution >= 4 is 40.5 Å². The molecule has 0 radical (unpaired) electrons. The summed E-state index contributed by atoms with van der Waals surface area (Å²) >= 11 is 11.6. The monoisotopic (exact) mass is 330 g/mol. The molecule has 8 nitrogen and oxygen atoms in total. The molecule has 1 aromatic carbocycles. The van der Waals surface area contributed by atoms with Crippen molar-refractivity contribution < 1.29 is 14.5 Å². The number of nitrogens with one attached hydrogen (secondary N) is 2. The topological polar surface area (TPSA) is 110 Å². The first kappa shape index (κ1) is 15.1. The fraction of sp³-hybridized carbons (Fsp3) is 0.0909. The lowest BCUT2D eigenvalue weighted by molar-refractivity contribution is -0.386. The lowest BCUT2D eigenvalue weighted by Crippen LogP contribution is -2.14. The van der Waals surface area contributed by atoms with Crippen LogP contribution in [0.4, 0.5) is 11.4 Å². The molecule has 0 fully saturated rings. The normalized spacial score (nSPS) is 10.2. The van der Waals surface area contributed by atoms with Crippen LogP contribution in [0.5, 0.6) is 5.88 Å². The van der Waals surface area contributed by atoms with Crippen LogP contribution < -0.4 is 10.1 Å². The number of carbonyl (C=O) groups is 1. The molecule has 0 aliphatic rings. The number of benzene rings is 1. The summed E-state index contributed by atoms with van der Waals surface area (Å²) in [5.74, 6) is -1.03. The van der Waals surface area contributed by atoms with Gasteiger partial charge in [0.15, 0.2) is 0 Å². The molecule has 1 amide bonds. The number of amides is 1. The Morgan fingerprint density at radius 3 is 2.71 bits per heavy atom. The Morgan fingerprint density at radius 2 is 2.14 bits per heavy atom. The highest BCUT2D eigenvalue weighted by molar-refractivity contribution is 6.42. The largest absolute Gasteiger partial charge is 0.475 e. The molecule has 1 heterocycles. The summed E-state index contributed by atoms with van der Waals surface area (Å²) in [6.45, 7) is 0. The number of nitrogens with zero attached hydrogens (tertiary/aromatic N) is 2. The second kappa shape index (κ2) is 5.98. The van der Waals surface area contributed by atoms with Gasteiger partial charge in [0.1, 0.15) is 0 Å². The minimum atomic E-state index is -0.758. The van der Waals surface area contributed by atoms with Crippen LogP contribution in [0.2, 0.25) is 10.0 Å². The zero-order valence-electron chi connectivity index (χ0n) is 10.5. The maximum absolute atomic E-state index is 12.0. The Kier molecular flexibility index (Phi) is 4.29. The number of aromatic nitrogens is 2. The molecule has 2 aromatic rings. The number of hydrogen-bond donors (Lipinski definition) is 2. The first-order valence-electron chi connectivity index (χ1n) is 5.47. The Morgan fingerprint density at radius 1 is 1.43 bits per heavy atom. The van der Waals surface area contributed by atoms with E-state index in [2.05, 4.69) is 15.5 Å². The number of ether oxygens (including phenoxy) is 1. The van der Waals surface area contributed by atoms with E-state index >= 15 is 0 Å². The van der Waals surface area contributed by atoms with Crippen LogP contribution >= 0.6 is 23.2 Å². The third-order valence-electron chi connectivity index (χ3n) is 2.49. The summed E-state index contributed by atoms with van der Waals surface area (Å²) in [6, 6.07) is 4.41. The fourth-order valence-corrected chi connectivity index (χ4v) is 1.86. The summed E-state index contributed by atoms with van der Waals surface area (Å²) in [6.07, 6.45) is 0. The summed E-state index contributed by atoms with van der Waals surface area (Å²) in [7, 11) is 1.21. The molecule has 0 spiro atoms. The Hall–Kier alpha value is -2.32. The molecule has 2 N–H and O–H groups in total. The van der Waals surface area contributed by atoms with Gasteiger partial charge in [-0.25, -0.2) is 0 Å². The van der Waals surface area contributed by atoms with E-state index in [-0.39, 0.29) is 16.6 Å². The maximum atomic E-state index is 12.0. The molecule has 0 saturated heterocycles. The van der Waals surface area contributed by atoms with Gasteiger partial charge in [-0.05, 0) is 18.2 Å². The number of anilines is 1. The molecule has 0 aliphatic carbocycles. The molecule has 0 unspecified atom stereocenters. The van der Waals surface area contributed by atoms with E-state index in [1.165, 1.54) is 25.3 Å². The van der Waals surface area contributed by atoms with Gasteiger partial charge in [0.25, 0.3) is 5.91 Å². The number of nitro groups is 1. The molecular formula is C11H8Cl2N4O4. The van der Waals surface area contributed by atoms with E-state index < -0.39 is 16.5 Å². The Labute approximate surface area is 128 Å². The lowest BCUT2D eigenvalue weighted by Gasteiger charge is -2.04. The SMILES string of the molecule is COc1n[nH]c(C(=O)Nc2ccc(Cl)c(Cl)c2)c1[N+](=O)[O-]. The number of carbonyl (C=O) groups excluding carboxylic acids is 1. The summed E-state index contributed by atoms with van der Waals surface area (Å²) < 4.78 is 4.72. The predicted molar refractivity (Wildman–Crippen MR) is 76.2 cm³/mol. The molecule has 0 atom stereocenters. The number of hydrogen-bond acceptors (Lipinski definition) is 5. The molecule has 0 aliphatic heterocycles. The Bertz CT molecular complexity index is 716. The third-order valence-corrected chi connectivity index (χ3v) is 3.23. The maximum Gasteiger partial charge on any atom is 0.362 e. The van der Waals surface area contributed by atoms with Crippen LogP contribution in [0.1, 0.15) is 10.5 Å². The van der Waals surface area contributed by atoms with E-state index in [4.69, 9.17) is 27.9 Å². The van der Waals surface area contributed by atoms with Crippen molar-refractivity contribution in [2.75, 3.05) is 12.4 Å². The van der Waals surface area contributed by atoms with E-state index in [9.17, 15) is 14.9 Å². The molecular weight excluding hydrogens is 323 g/mol. The Balaban J connectivity index is 2.30. The van der Waals surface area contributed by atoms with Crippen LogP contribution in [0.25, 0.3) is 0 Å². The van der Waals surface area contributed by atoms with Crippen molar-refractivity contribution in [2.45, 2.75) is 0 Å². The first-order valence-corrected chi connectivity index (χ1v) is 6.22. The second-order valence-corrected chi connectivity index (χ2v) is 4.61. The molecule has 21 heavy (non-hydrogen) atoms.